The number of hydrogen-bond acceptors (Lipinski definition) is 5. The van der Waals surface area contributed by atoms with Crippen molar-refractivity contribution >= 4 is 16.7 Å². The SMILES string of the molecule is Cc1nc(NC(C)c2cccc(C(F)F)c2F)c2cc3c(cc2n1)OCO3. The van der Waals surface area contributed by atoms with Crippen LogP contribution < -0.4 is 14.8 Å². The Hall–Kier alpha value is -3.03. The number of anilines is 1. The van der Waals surface area contributed by atoms with Crippen LogP contribution in [-0.2, 0) is 0 Å². The van der Waals surface area contributed by atoms with Gasteiger partial charge in [0.25, 0.3) is 6.43 Å². The van der Waals surface area contributed by atoms with E-state index >= 15 is 0 Å². The highest BCUT2D eigenvalue weighted by Crippen LogP contribution is 2.38. The fourth-order valence-corrected chi connectivity index (χ4v) is 3.10. The third kappa shape index (κ3) is 3.11. The van der Waals surface area contributed by atoms with E-state index in [2.05, 4.69) is 15.3 Å². The topological polar surface area (TPSA) is 56.3 Å². The number of aromatic nitrogens is 2. The van der Waals surface area contributed by atoms with Gasteiger partial charge in [-0.3, -0.25) is 0 Å². The number of ether oxygens (including phenoxy) is 2. The summed E-state index contributed by atoms with van der Waals surface area (Å²) in [7, 11) is 0. The number of alkyl halides is 2. The Kier molecular flexibility index (Phi) is 4.25. The highest BCUT2D eigenvalue weighted by molar-refractivity contribution is 5.92. The fourth-order valence-electron chi connectivity index (χ4n) is 3.10. The molecule has 0 saturated carbocycles. The number of hydrogen-bond donors (Lipinski definition) is 1. The second kappa shape index (κ2) is 6.61. The molecule has 5 nitrogen and oxygen atoms in total. The molecule has 0 bridgehead atoms. The molecule has 1 aliphatic rings. The van der Waals surface area contributed by atoms with Crippen LogP contribution in [0.4, 0.5) is 19.0 Å². The summed E-state index contributed by atoms with van der Waals surface area (Å²) in [6.45, 7) is 3.55. The lowest BCUT2D eigenvalue weighted by Crippen LogP contribution is -2.12. The molecule has 0 saturated heterocycles. The van der Waals surface area contributed by atoms with Gasteiger partial charge in [0.1, 0.15) is 17.5 Å². The minimum Gasteiger partial charge on any atom is -0.454 e. The van der Waals surface area contributed by atoms with E-state index in [0.29, 0.717) is 34.0 Å². The molecule has 140 valence electrons. The summed E-state index contributed by atoms with van der Waals surface area (Å²) in [6, 6.07) is 6.88. The first-order chi connectivity index (χ1) is 12.9. The van der Waals surface area contributed by atoms with Crippen molar-refractivity contribution in [3.63, 3.8) is 0 Å². The second-order valence-electron chi connectivity index (χ2n) is 6.26. The van der Waals surface area contributed by atoms with Crippen LogP contribution in [0.15, 0.2) is 30.3 Å². The first-order valence-electron chi connectivity index (χ1n) is 8.35. The van der Waals surface area contributed by atoms with Crippen molar-refractivity contribution in [1.82, 2.24) is 9.97 Å². The zero-order chi connectivity index (χ0) is 19.1. The van der Waals surface area contributed by atoms with Crippen molar-refractivity contribution in [2.45, 2.75) is 26.3 Å². The number of aryl methyl sites for hydroxylation is 1. The van der Waals surface area contributed by atoms with E-state index in [1.807, 2.05) is 0 Å². The Morgan fingerprint density at radius 2 is 1.78 bits per heavy atom. The summed E-state index contributed by atoms with van der Waals surface area (Å²) < 4.78 is 51.2. The Labute approximate surface area is 153 Å². The molecule has 0 spiro atoms. The van der Waals surface area contributed by atoms with Gasteiger partial charge in [-0.1, -0.05) is 18.2 Å². The Bertz CT molecular complexity index is 1030. The molecule has 3 aromatic rings. The maximum atomic E-state index is 14.5. The predicted octanol–water partition coefficient (Wildman–Crippen LogP) is 4.92. The van der Waals surface area contributed by atoms with Crippen LogP contribution in [0.2, 0.25) is 0 Å². The maximum absolute atomic E-state index is 14.5. The van der Waals surface area contributed by atoms with E-state index in [9.17, 15) is 13.2 Å². The summed E-state index contributed by atoms with van der Waals surface area (Å²) in [5.74, 6) is 1.22. The van der Waals surface area contributed by atoms with E-state index in [1.54, 1.807) is 26.0 Å². The lowest BCUT2D eigenvalue weighted by molar-refractivity contribution is 0.146. The standard InChI is InChI=1S/C19H16F3N3O2/c1-9(11-4-3-5-12(17(11)20)18(21)22)23-19-13-6-15-16(27-8-26-15)7-14(13)24-10(2)25-19/h3-7,9,18H,8H2,1-2H3,(H,23,24,25). The van der Waals surface area contributed by atoms with Gasteiger partial charge >= 0.3 is 0 Å². The van der Waals surface area contributed by atoms with E-state index in [4.69, 9.17) is 9.47 Å². The summed E-state index contributed by atoms with van der Waals surface area (Å²) in [5, 5.41) is 3.78. The summed E-state index contributed by atoms with van der Waals surface area (Å²) in [4.78, 5) is 8.78. The van der Waals surface area contributed by atoms with Gasteiger partial charge in [0, 0.05) is 17.0 Å². The van der Waals surface area contributed by atoms with Crippen molar-refractivity contribution in [3.05, 3.63) is 53.1 Å². The van der Waals surface area contributed by atoms with E-state index in [1.165, 1.54) is 12.1 Å². The third-order valence-electron chi connectivity index (χ3n) is 4.42. The third-order valence-corrected chi connectivity index (χ3v) is 4.42. The molecule has 0 fully saturated rings. The normalized spacial score (nSPS) is 14.0. The largest absolute Gasteiger partial charge is 0.454 e. The van der Waals surface area contributed by atoms with Crippen molar-refractivity contribution < 1.29 is 22.6 Å². The Morgan fingerprint density at radius 1 is 1.07 bits per heavy atom. The van der Waals surface area contributed by atoms with E-state index in [0.717, 1.165) is 6.07 Å². The van der Waals surface area contributed by atoms with Crippen molar-refractivity contribution in [1.29, 1.82) is 0 Å². The highest BCUT2D eigenvalue weighted by Gasteiger charge is 2.21. The van der Waals surface area contributed by atoms with Crippen LogP contribution in [0.25, 0.3) is 10.9 Å². The van der Waals surface area contributed by atoms with Gasteiger partial charge in [0.2, 0.25) is 6.79 Å². The van der Waals surface area contributed by atoms with Crippen LogP contribution in [0, 0.1) is 12.7 Å². The van der Waals surface area contributed by atoms with Crippen molar-refractivity contribution in [3.8, 4) is 11.5 Å². The lowest BCUT2D eigenvalue weighted by Gasteiger charge is -2.18. The molecule has 0 amide bonds. The molecule has 1 N–H and O–H groups in total. The quantitative estimate of drug-likeness (QED) is 0.702. The first kappa shape index (κ1) is 17.4. The molecule has 1 atom stereocenters. The minimum atomic E-state index is -2.88. The zero-order valence-corrected chi connectivity index (χ0v) is 14.6. The van der Waals surface area contributed by atoms with Crippen LogP contribution in [0.1, 0.15) is 36.3 Å². The Balaban J connectivity index is 1.74. The summed E-state index contributed by atoms with van der Waals surface area (Å²) >= 11 is 0. The summed E-state index contributed by atoms with van der Waals surface area (Å²) in [6.07, 6.45) is -2.88. The molecule has 8 heteroatoms. The minimum absolute atomic E-state index is 0.128. The Morgan fingerprint density at radius 3 is 2.52 bits per heavy atom. The number of nitrogens with one attached hydrogen (secondary N) is 1. The van der Waals surface area contributed by atoms with Gasteiger partial charge in [-0.15, -0.1) is 0 Å². The fraction of sp³-hybridized carbons (Fsp3) is 0.263. The molecular formula is C19H16F3N3O2. The molecule has 27 heavy (non-hydrogen) atoms. The monoisotopic (exact) mass is 375 g/mol. The van der Waals surface area contributed by atoms with Gasteiger partial charge in [-0.25, -0.2) is 23.1 Å². The van der Waals surface area contributed by atoms with Crippen LogP contribution >= 0.6 is 0 Å². The van der Waals surface area contributed by atoms with Crippen LogP contribution in [0.5, 0.6) is 11.5 Å². The molecular weight excluding hydrogens is 359 g/mol. The number of fused-ring (bicyclic) bond motifs is 2. The lowest BCUT2D eigenvalue weighted by atomic mass is 10.0. The molecule has 1 aromatic heterocycles. The van der Waals surface area contributed by atoms with Gasteiger partial charge in [0.15, 0.2) is 11.5 Å². The van der Waals surface area contributed by atoms with Gasteiger partial charge in [-0.05, 0) is 19.9 Å². The average Bonchev–Trinajstić information content (AvgIpc) is 3.07. The first-order valence-corrected chi connectivity index (χ1v) is 8.35. The molecule has 4 rings (SSSR count). The second-order valence-corrected chi connectivity index (χ2v) is 6.26. The smallest absolute Gasteiger partial charge is 0.266 e. The molecule has 2 aromatic carbocycles. The van der Waals surface area contributed by atoms with Crippen molar-refractivity contribution in [2.24, 2.45) is 0 Å². The maximum Gasteiger partial charge on any atom is 0.266 e. The van der Waals surface area contributed by atoms with Gasteiger partial charge in [-0.2, -0.15) is 0 Å². The van der Waals surface area contributed by atoms with Crippen molar-refractivity contribution in [2.75, 3.05) is 12.1 Å². The van der Waals surface area contributed by atoms with Crippen LogP contribution in [0.3, 0.4) is 0 Å². The van der Waals surface area contributed by atoms with Gasteiger partial charge < -0.3 is 14.8 Å². The molecule has 1 unspecified atom stereocenters. The molecule has 0 aliphatic carbocycles. The number of benzene rings is 2. The highest BCUT2D eigenvalue weighted by atomic mass is 19.3. The number of nitrogens with zero attached hydrogens (tertiary/aromatic N) is 2. The zero-order valence-electron chi connectivity index (χ0n) is 14.6. The molecule has 1 aliphatic heterocycles. The van der Waals surface area contributed by atoms with E-state index < -0.39 is 23.8 Å². The van der Waals surface area contributed by atoms with Gasteiger partial charge in [0.05, 0.1) is 17.1 Å². The average molecular weight is 375 g/mol. The number of rotatable bonds is 4. The molecule has 0 radical (unpaired) electrons. The molecule has 2 heterocycles. The van der Waals surface area contributed by atoms with E-state index in [-0.39, 0.29) is 12.4 Å². The predicted molar refractivity (Wildman–Crippen MR) is 93.8 cm³/mol. The van der Waals surface area contributed by atoms with Crippen LogP contribution in [-0.4, -0.2) is 16.8 Å². The number of halogens is 3. The summed E-state index contributed by atoms with van der Waals surface area (Å²) in [5.41, 5.74) is 0.162.